The summed E-state index contributed by atoms with van der Waals surface area (Å²) in [5, 5.41) is 3.63. The number of methoxy groups -OCH3 is 1. The van der Waals surface area contributed by atoms with Gasteiger partial charge in [-0.05, 0) is 54.8 Å². The zero-order valence-electron chi connectivity index (χ0n) is 14.1. The predicted molar refractivity (Wildman–Crippen MR) is 95.9 cm³/mol. The number of halogens is 1. The first kappa shape index (κ1) is 18.1. The lowest BCUT2D eigenvalue weighted by molar-refractivity contribution is -0.123. The van der Waals surface area contributed by atoms with E-state index in [-0.39, 0.29) is 18.6 Å². The van der Waals surface area contributed by atoms with Crippen LogP contribution >= 0.6 is 11.6 Å². The molecule has 24 heavy (non-hydrogen) atoms. The molecule has 2 aromatic rings. The average molecular weight is 348 g/mol. The van der Waals surface area contributed by atoms with E-state index in [0.717, 1.165) is 23.3 Å². The van der Waals surface area contributed by atoms with Gasteiger partial charge in [-0.2, -0.15) is 0 Å². The summed E-state index contributed by atoms with van der Waals surface area (Å²) >= 11 is 5.82. The number of hydrogen-bond acceptors (Lipinski definition) is 3. The summed E-state index contributed by atoms with van der Waals surface area (Å²) in [5.74, 6) is 1.29. The van der Waals surface area contributed by atoms with Crippen LogP contribution in [0.15, 0.2) is 42.5 Å². The Balaban J connectivity index is 1.95. The van der Waals surface area contributed by atoms with Crippen molar-refractivity contribution >= 4 is 17.5 Å². The lowest BCUT2D eigenvalue weighted by Crippen LogP contribution is -2.32. The van der Waals surface area contributed by atoms with Crippen LogP contribution in [0.3, 0.4) is 0 Å². The maximum absolute atomic E-state index is 12.1. The normalized spacial score (nSPS) is 11.7. The molecule has 0 aromatic heterocycles. The van der Waals surface area contributed by atoms with Crippen molar-refractivity contribution in [2.75, 3.05) is 13.7 Å². The number of aryl methyl sites for hydroxylation is 1. The molecule has 1 atom stereocenters. The Morgan fingerprint density at radius 2 is 1.92 bits per heavy atom. The zero-order chi connectivity index (χ0) is 17.5. The number of ether oxygens (including phenoxy) is 2. The smallest absolute Gasteiger partial charge is 0.258 e. The van der Waals surface area contributed by atoms with E-state index < -0.39 is 0 Å². The number of amides is 1. The summed E-state index contributed by atoms with van der Waals surface area (Å²) < 4.78 is 10.7. The topological polar surface area (TPSA) is 47.6 Å². The molecule has 5 heteroatoms. The van der Waals surface area contributed by atoms with Crippen LogP contribution in [0.1, 0.15) is 30.5 Å². The minimum atomic E-state index is -0.162. The van der Waals surface area contributed by atoms with Gasteiger partial charge in [0.15, 0.2) is 6.61 Å². The Hall–Kier alpha value is -2.20. The second-order valence-electron chi connectivity index (χ2n) is 5.50. The Morgan fingerprint density at radius 3 is 2.50 bits per heavy atom. The van der Waals surface area contributed by atoms with Crippen molar-refractivity contribution in [1.82, 2.24) is 5.32 Å². The van der Waals surface area contributed by atoms with E-state index in [2.05, 4.69) is 5.32 Å². The van der Waals surface area contributed by atoms with Crippen LogP contribution in [0, 0.1) is 6.92 Å². The van der Waals surface area contributed by atoms with Gasteiger partial charge in [0.1, 0.15) is 11.5 Å². The van der Waals surface area contributed by atoms with Crippen LogP contribution < -0.4 is 14.8 Å². The summed E-state index contributed by atoms with van der Waals surface area (Å²) in [4.78, 5) is 12.1. The van der Waals surface area contributed by atoms with Crippen LogP contribution in [-0.4, -0.2) is 19.6 Å². The number of hydrogen-bond donors (Lipinski definition) is 1. The lowest BCUT2D eigenvalue weighted by atomic mass is 10.0. The van der Waals surface area contributed by atoms with Gasteiger partial charge in [-0.15, -0.1) is 0 Å². The van der Waals surface area contributed by atoms with Gasteiger partial charge in [0.2, 0.25) is 0 Å². The molecule has 0 fully saturated rings. The van der Waals surface area contributed by atoms with Crippen molar-refractivity contribution in [3.63, 3.8) is 0 Å². The molecule has 1 N–H and O–H groups in total. The number of rotatable bonds is 7. The molecule has 0 aliphatic carbocycles. The molecular formula is C19H22ClNO3. The number of benzene rings is 2. The molecule has 4 nitrogen and oxygen atoms in total. The standard InChI is InChI=1S/C19H22ClNO3/c1-4-17(14-5-10-18(23-3)13(2)11-14)21-19(22)12-24-16-8-6-15(20)7-9-16/h5-11,17H,4,12H2,1-3H3,(H,21,22). The maximum Gasteiger partial charge on any atom is 0.258 e. The van der Waals surface area contributed by atoms with E-state index in [1.807, 2.05) is 32.0 Å². The van der Waals surface area contributed by atoms with E-state index in [1.54, 1.807) is 31.4 Å². The molecule has 0 saturated carbocycles. The second-order valence-corrected chi connectivity index (χ2v) is 5.94. The molecular weight excluding hydrogens is 326 g/mol. The van der Waals surface area contributed by atoms with Gasteiger partial charge in [0, 0.05) is 5.02 Å². The van der Waals surface area contributed by atoms with Crippen LogP contribution in [0.4, 0.5) is 0 Å². The van der Waals surface area contributed by atoms with Crippen molar-refractivity contribution in [2.45, 2.75) is 26.3 Å². The maximum atomic E-state index is 12.1. The van der Waals surface area contributed by atoms with E-state index >= 15 is 0 Å². The Kier molecular flexibility index (Phi) is 6.50. The minimum absolute atomic E-state index is 0.0345. The van der Waals surface area contributed by atoms with Gasteiger partial charge in [-0.3, -0.25) is 4.79 Å². The molecule has 128 valence electrons. The van der Waals surface area contributed by atoms with Crippen LogP contribution in [0.2, 0.25) is 5.02 Å². The largest absolute Gasteiger partial charge is 0.496 e. The van der Waals surface area contributed by atoms with Crippen LogP contribution in [-0.2, 0) is 4.79 Å². The van der Waals surface area contributed by atoms with Gasteiger partial charge >= 0.3 is 0 Å². The van der Waals surface area contributed by atoms with Crippen molar-refractivity contribution < 1.29 is 14.3 Å². The third kappa shape index (κ3) is 4.90. The Bertz CT molecular complexity index is 686. The summed E-state index contributed by atoms with van der Waals surface area (Å²) in [6.07, 6.45) is 0.790. The van der Waals surface area contributed by atoms with Gasteiger partial charge in [0.05, 0.1) is 13.2 Å². The first-order valence-corrected chi connectivity index (χ1v) is 8.23. The molecule has 0 aliphatic heterocycles. The number of carbonyl (C=O) groups is 1. The predicted octanol–water partition coefficient (Wildman–Crippen LogP) is 4.30. The fourth-order valence-electron chi connectivity index (χ4n) is 2.46. The molecule has 0 spiro atoms. The summed E-state index contributed by atoms with van der Waals surface area (Å²) in [6.45, 7) is 3.98. The summed E-state index contributed by atoms with van der Waals surface area (Å²) in [5.41, 5.74) is 2.09. The molecule has 0 heterocycles. The number of nitrogens with one attached hydrogen (secondary N) is 1. The van der Waals surface area contributed by atoms with Crippen LogP contribution in [0.5, 0.6) is 11.5 Å². The van der Waals surface area contributed by atoms with Gasteiger partial charge in [0.25, 0.3) is 5.91 Å². The fourth-order valence-corrected chi connectivity index (χ4v) is 2.58. The highest BCUT2D eigenvalue weighted by molar-refractivity contribution is 6.30. The van der Waals surface area contributed by atoms with E-state index in [0.29, 0.717) is 10.8 Å². The molecule has 0 aliphatic rings. The molecule has 0 bridgehead atoms. The third-order valence-corrected chi connectivity index (χ3v) is 4.00. The lowest BCUT2D eigenvalue weighted by Gasteiger charge is -2.19. The van der Waals surface area contributed by atoms with Crippen molar-refractivity contribution in [2.24, 2.45) is 0 Å². The SMILES string of the molecule is CCC(NC(=O)COc1ccc(Cl)cc1)c1ccc(OC)c(C)c1. The first-order valence-electron chi connectivity index (χ1n) is 7.85. The van der Waals surface area contributed by atoms with E-state index in [1.165, 1.54) is 0 Å². The van der Waals surface area contributed by atoms with Crippen LogP contribution in [0.25, 0.3) is 0 Å². The van der Waals surface area contributed by atoms with Crippen molar-refractivity contribution in [3.05, 3.63) is 58.6 Å². The summed E-state index contributed by atoms with van der Waals surface area (Å²) in [7, 11) is 1.65. The summed E-state index contributed by atoms with van der Waals surface area (Å²) in [6, 6.07) is 12.8. The minimum Gasteiger partial charge on any atom is -0.496 e. The molecule has 0 radical (unpaired) electrons. The number of carbonyl (C=O) groups excluding carboxylic acids is 1. The van der Waals surface area contributed by atoms with Gasteiger partial charge in [-0.25, -0.2) is 0 Å². The molecule has 1 amide bonds. The molecule has 2 aromatic carbocycles. The highest BCUT2D eigenvalue weighted by atomic mass is 35.5. The van der Waals surface area contributed by atoms with Crippen molar-refractivity contribution in [3.8, 4) is 11.5 Å². The van der Waals surface area contributed by atoms with Gasteiger partial charge < -0.3 is 14.8 Å². The quantitative estimate of drug-likeness (QED) is 0.812. The second kappa shape index (κ2) is 8.60. The average Bonchev–Trinajstić information content (AvgIpc) is 2.59. The third-order valence-electron chi connectivity index (χ3n) is 3.75. The van der Waals surface area contributed by atoms with Crippen molar-refractivity contribution in [1.29, 1.82) is 0 Å². The van der Waals surface area contributed by atoms with E-state index in [4.69, 9.17) is 21.1 Å². The highest BCUT2D eigenvalue weighted by Gasteiger charge is 2.14. The molecule has 0 saturated heterocycles. The molecule has 1 unspecified atom stereocenters. The fraction of sp³-hybridized carbons (Fsp3) is 0.316. The monoisotopic (exact) mass is 347 g/mol. The Labute approximate surface area is 147 Å². The zero-order valence-corrected chi connectivity index (χ0v) is 14.9. The van der Waals surface area contributed by atoms with E-state index in [9.17, 15) is 4.79 Å². The highest BCUT2D eigenvalue weighted by Crippen LogP contribution is 2.24. The van der Waals surface area contributed by atoms with Gasteiger partial charge in [-0.1, -0.05) is 30.7 Å². The molecule has 2 rings (SSSR count). The first-order chi connectivity index (χ1) is 11.5. The Morgan fingerprint density at radius 1 is 1.21 bits per heavy atom.